The summed E-state index contributed by atoms with van der Waals surface area (Å²) in [5, 5.41) is 2.50. The van der Waals surface area contributed by atoms with Gasteiger partial charge in [-0.15, -0.1) is 0 Å². The minimum atomic E-state index is -4.14. The average molecular weight is 247 g/mol. The zero-order chi connectivity index (χ0) is 11.5. The van der Waals surface area contributed by atoms with E-state index in [1.807, 2.05) is 0 Å². The monoisotopic (exact) mass is 247 g/mol. The van der Waals surface area contributed by atoms with Gasteiger partial charge >= 0.3 is 5.97 Å². The zero-order valence-corrected chi connectivity index (χ0v) is 9.09. The normalized spacial score (nSPS) is 10.5. The molecule has 1 heterocycles. The van der Waals surface area contributed by atoms with E-state index in [4.69, 9.17) is 0 Å². The fourth-order valence-electron chi connectivity index (χ4n) is 0.842. The van der Waals surface area contributed by atoms with Crippen molar-refractivity contribution in [3.8, 4) is 0 Å². The van der Waals surface area contributed by atoms with Gasteiger partial charge in [-0.1, -0.05) is 4.40 Å². The van der Waals surface area contributed by atoms with Crippen LogP contribution >= 0.6 is 11.3 Å². The molecule has 0 aliphatic carbocycles. The number of sulfonamides is 1. The molecule has 0 amide bonds. The standard InChI is InChI=1S/C7H5NO5S2/c1-13-7(10)5-2-14-3-6(5)15(11,12)8-4-9/h2-3H,1H3. The molecule has 0 saturated heterocycles. The third-order valence-electron chi connectivity index (χ3n) is 1.47. The molecule has 15 heavy (non-hydrogen) atoms. The second-order valence-corrected chi connectivity index (χ2v) is 4.62. The fraction of sp³-hybridized carbons (Fsp3) is 0.143. The van der Waals surface area contributed by atoms with Crippen LogP contribution in [-0.4, -0.2) is 27.6 Å². The van der Waals surface area contributed by atoms with E-state index in [0.717, 1.165) is 24.5 Å². The van der Waals surface area contributed by atoms with Crippen LogP contribution in [0.5, 0.6) is 0 Å². The van der Waals surface area contributed by atoms with Crippen molar-refractivity contribution >= 4 is 33.4 Å². The molecule has 8 heteroatoms. The Labute approximate surface area is 89.3 Å². The van der Waals surface area contributed by atoms with Crippen LogP contribution in [0.2, 0.25) is 0 Å². The van der Waals surface area contributed by atoms with Crippen LogP contribution in [0.25, 0.3) is 0 Å². The number of nitrogens with zero attached hydrogens (tertiary/aromatic N) is 1. The van der Waals surface area contributed by atoms with Gasteiger partial charge in [-0.05, 0) is 0 Å². The minimum absolute atomic E-state index is 0.137. The maximum absolute atomic E-state index is 11.3. The van der Waals surface area contributed by atoms with Crippen LogP contribution in [0.15, 0.2) is 20.1 Å². The average Bonchev–Trinajstić information content (AvgIpc) is 2.65. The van der Waals surface area contributed by atoms with E-state index in [0.29, 0.717) is 0 Å². The van der Waals surface area contributed by atoms with E-state index in [1.54, 1.807) is 0 Å². The van der Waals surface area contributed by atoms with E-state index in [2.05, 4.69) is 9.13 Å². The lowest BCUT2D eigenvalue weighted by Gasteiger charge is -1.98. The van der Waals surface area contributed by atoms with Gasteiger partial charge in [0.15, 0.2) is 0 Å². The second kappa shape index (κ2) is 4.35. The summed E-state index contributed by atoms with van der Waals surface area (Å²) >= 11 is 0.993. The van der Waals surface area contributed by atoms with Crippen LogP contribution in [0.4, 0.5) is 0 Å². The van der Waals surface area contributed by atoms with Gasteiger partial charge < -0.3 is 4.74 Å². The van der Waals surface area contributed by atoms with E-state index in [9.17, 15) is 18.0 Å². The summed E-state index contributed by atoms with van der Waals surface area (Å²) in [5.74, 6) is -0.795. The molecule has 0 spiro atoms. The molecular weight excluding hydrogens is 242 g/mol. The number of ether oxygens (including phenoxy) is 1. The number of isocyanates is 1. The minimum Gasteiger partial charge on any atom is -0.465 e. The third kappa shape index (κ3) is 2.30. The van der Waals surface area contributed by atoms with E-state index in [-0.39, 0.29) is 10.5 Å². The maximum atomic E-state index is 11.3. The first-order chi connectivity index (χ1) is 7.03. The molecule has 1 aromatic rings. The lowest BCUT2D eigenvalue weighted by atomic mass is 10.3. The Bertz CT molecular complexity index is 523. The lowest BCUT2D eigenvalue weighted by Crippen LogP contribution is -2.06. The molecule has 0 saturated carbocycles. The summed E-state index contributed by atoms with van der Waals surface area (Å²) in [5.41, 5.74) is -0.137. The number of hydrogen-bond donors (Lipinski definition) is 0. The highest BCUT2D eigenvalue weighted by molar-refractivity contribution is 7.90. The highest BCUT2D eigenvalue weighted by atomic mass is 32.2. The van der Waals surface area contributed by atoms with Gasteiger partial charge in [0.2, 0.25) is 0 Å². The Hall–Kier alpha value is -1.50. The molecule has 0 radical (unpaired) electrons. The van der Waals surface area contributed by atoms with Crippen molar-refractivity contribution in [2.45, 2.75) is 4.90 Å². The third-order valence-corrected chi connectivity index (χ3v) is 3.57. The molecule has 0 aliphatic heterocycles. The molecule has 0 bridgehead atoms. The van der Waals surface area contributed by atoms with E-state index < -0.39 is 16.0 Å². The number of carbonyl (C=O) groups excluding carboxylic acids is 2. The number of thiophene rings is 1. The van der Waals surface area contributed by atoms with Crippen LogP contribution in [0, 0.1) is 0 Å². The molecule has 0 aromatic carbocycles. The summed E-state index contributed by atoms with van der Waals surface area (Å²) in [6.45, 7) is 0. The summed E-state index contributed by atoms with van der Waals surface area (Å²) in [7, 11) is -3.02. The van der Waals surface area contributed by atoms with Crippen molar-refractivity contribution in [2.24, 2.45) is 4.40 Å². The summed E-state index contributed by atoms with van der Waals surface area (Å²) in [4.78, 5) is 20.7. The first-order valence-corrected chi connectivity index (χ1v) is 5.90. The Morgan fingerprint density at radius 3 is 2.73 bits per heavy atom. The summed E-state index contributed by atoms with van der Waals surface area (Å²) < 4.78 is 29.6. The Kier molecular flexibility index (Phi) is 3.35. The largest absolute Gasteiger partial charge is 0.465 e. The highest BCUT2D eigenvalue weighted by Crippen LogP contribution is 2.22. The van der Waals surface area contributed by atoms with Gasteiger partial charge in [-0.25, -0.2) is 9.59 Å². The predicted molar refractivity (Wildman–Crippen MR) is 51.0 cm³/mol. The van der Waals surface area contributed by atoms with Crippen LogP contribution in [-0.2, 0) is 19.6 Å². The predicted octanol–water partition coefficient (Wildman–Crippen LogP) is 0.559. The van der Waals surface area contributed by atoms with Crippen LogP contribution < -0.4 is 0 Å². The van der Waals surface area contributed by atoms with Crippen molar-refractivity contribution in [3.63, 3.8) is 0 Å². The van der Waals surface area contributed by atoms with Crippen molar-refractivity contribution in [1.82, 2.24) is 0 Å². The lowest BCUT2D eigenvalue weighted by molar-refractivity contribution is 0.0597. The van der Waals surface area contributed by atoms with Gasteiger partial charge in [0.05, 0.1) is 12.7 Å². The number of esters is 1. The van der Waals surface area contributed by atoms with Crippen molar-refractivity contribution in [3.05, 3.63) is 16.3 Å². The SMILES string of the molecule is COC(=O)c1cscc1S(=O)(=O)N=C=O. The Morgan fingerprint density at radius 2 is 2.20 bits per heavy atom. The molecule has 0 fully saturated rings. The molecule has 1 aromatic heterocycles. The smallest absolute Gasteiger partial charge is 0.340 e. The Balaban J connectivity index is 3.34. The molecule has 0 unspecified atom stereocenters. The van der Waals surface area contributed by atoms with Gasteiger partial charge in [0, 0.05) is 10.8 Å². The molecule has 0 N–H and O–H groups in total. The molecule has 6 nitrogen and oxygen atoms in total. The number of carbonyl (C=O) groups is 1. The molecule has 1 rings (SSSR count). The maximum Gasteiger partial charge on any atom is 0.340 e. The number of hydrogen-bond acceptors (Lipinski definition) is 6. The van der Waals surface area contributed by atoms with E-state index >= 15 is 0 Å². The van der Waals surface area contributed by atoms with E-state index in [1.165, 1.54) is 10.8 Å². The molecular formula is C7H5NO5S2. The molecule has 80 valence electrons. The zero-order valence-electron chi connectivity index (χ0n) is 7.46. The van der Waals surface area contributed by atoms with Gasteiger partial charge in [-0.2, -0.15) is 19.8 Å². The van der Waals surface area contributed by atoms with Crippen molar-refractivity contribution in [1.29, 1.82) is 0 Å². The Morgan fingerprint density at radius 1 is 1.53 bits per heavy atom. The summed E-state index contributed by atoms with van der Waals surface area (Å²) in [6, 6.07) is 0. The second-order valence-electron chi connectivity index (χ2n) is 2.30. The first kappa shape index (κ1) is 11.6. The van der Waals surface area contributed by atoms with Crippen molar-refractivity contribution < 1.29 is 22.7 Å². The first-order valence-electron chi connectivity index (χ1n) is 3.51. The fourth-order valence-corrected chi connectivity index (χ4v) is 2.86. The summed E-state index contributed by atoms with van der Waals surface area (Å²) in [6.07, 6.45) is 0.920. The van der Waals surface area contributed by atoms with Gasteiger partial charge in [0.25, 0.3) is 16.1 Å². The number of methoxy groups -OCH3 is 1. The topological polar surface area (TPSA) is 89.9 Å². The number of rotatable bonds is 3. The quantitative estimate of drug-likeness (QED) is 0.442. The molecule has 0 atom stereocenters. The van der Waals surface area contributed by atoms with Gasteiger partial charge in [-0.3, -0.25) is 0 Å². The van der Waals surface area contributed by atoms with Gasteiger partial charge in [0.1, 0.15) is 4.90 Å². The highest BCUT2D eigenvalue weighted by Gasteiger charge is 2.23. The van der Waals surface area contributed by atoms with Crippen LogP contribution in [0.1, 0.15) is 10.4 Å². The van der Waals surface area contributed by atoms with Crippen molar-refractivity contribution in [2.75, 3.05) is 7.11 Å². The van der Waals surface area contributed by atoms with Crippen LogP contribution in [0.3, 0.4) is 0 Å². The molecule has 0 aliphatic rings.